The number of nitrogens with one attached hydrogen (secondary N) is 2. The molecule has 1 unspecified atom stereocenters. The summed E-state index contributed by atoms with van der Waals surface area (Å²) in [7, 11) is 0. The molecule has 5 nitrogen and oxygen atoms in total. The molecule has 2 N–H and O–H groups in total. The first-order chi connectivity index (χ1) is 8.65. The molecule has 1 aliphatic rings. The summed E-state index contributed by atoms with van der Waals surface area (Å²) in [4.78, 5) is 15.8. The SMILES string of the molecule is O=C(CC1CNCCO1)Nc1cc(Br)cnc1Cl. The number of carbonyl (C=O) groups excluding carboxylic acids is 1. The van der Waals surface area contributed by atoms with Crippen LogP contribution < -0.4 is 10.6 Å². The fourth-order valence-electron chi connectivity index (χ4n) is 1.67. The van der Waals surface area contributed by atoms with E-state index in [9.17, 15) is 4.79 Å². The van der Waals surface area contributed by atoms with E-state index >= 15 is 0 Å². The van der Waals surface area contributed by atoms with Gasteiger partial charge in [-0.25, -0.2) is 4.98 Å². The molecule has 1 aromatic rings. The highest BCUT2D eigenvalue weighted by Gasteiger charge is 2.18. The molecule has 0 saturated carbocycles. The maximum absolute atomic E-state index is 11.8. The van der Waals surface area contributed by atoms with Crippen molar-refractivity contribution in [3.63, 3.8) is 0 Å². The molecule has 0 bridgehead atoms. The van der Waals surface area contributed by atoms with E-state index in [1.807, 2.05) is 0 Å². The highest BCUT2D eigenvalue weighted by molar-refractivity contribution is 9.10. The van der Waals surface area contributed by atoms with E-state index in [4.69, 9.17) is 16.3 Å². The molecule has 0 aromatic carbocycles. The van der Waals surface area contributed by atoms with Gasteiger partial charge in [0, 0.05) is 23.8 Å². The summed E-state index contributed by atoms with van der Waals surface area (Å²) in [5.41, 5.74) is 0.500. The highest BCUT2D eigenvalue weighted by atomic mass is 79.9. The molecule has 2 rings (SSSR count). The smallest absolute Gasteiger partial charge is 0.227 e. The molecule has 1 fully saturated rings. The summed E-state index contributed by atoms with van der Waals surface area (Å²) < 4.78 is 6.22. The number of aromatic nitrogens is 1. The Morgan fingerprint density at radius 1 is 1.72 bits per heavy atom. The quantitative estimate of drug-likeness (QED) is 0.828. The number of morpholine rings is 1. The van der Waals surface area contributed by atoms with Crippen LogP contribution in [0.25, 0.3) is 0 Å². The lowest BCUT2D eigenvalue weighted by molar-refractivity contribution is -0.119. The Hall–Kier alpha value is -0.690. The van der Waals surface area contributed by atoms with E-state index in [1.165, 1.54) is 0 Å². The van der Waals surface area contributed by atoms with Gasteiger partial charge >= 0.3 is 0 Å². The number of carbonyl (C=O) groups is 1. The van der Waals surface area contributed by atoms with Crippen LogP contribution in [0, 0.1) is 0 Å². The fraction of sp³-hybridized carbons (Fsp3) is 0.455. The van der Waals surface area contributed by atoms with Crippen LogP contribution in [-0.2, 0) is 9.53 Å². The fourth-order valence-corrected chi connectivity index (χ4v) is 2.15. The lowest BCUT2D eigenvalue weighted by Gasteiger charge is -2.23. The third-order valence-electron chi connectivity index (χ3n) is 2.50. The summed E-state index contributed by atoms with van der Waals surface area (Å²) in [5, 5.41) is 6.17. The van der Waals surface area contributed by atoms with Gasteiger partial charge < -0.3 is 15.4 Å². The van der Waals surface area contributed by atoms with Crippen LogP contribution >= 0.6 is 27.5 Å². The number of ether oxygens (including phenoxy) is 1. The molecule has 1 atom stereocenters. The van der Waals surface area contributed by atoms with Gasteiger partial charge in [0.15, 0.2) is 5.15 Å². The third-order valence-corrected chi connectivity index (χ3v) is 3.23. The van der Waals surface area contributed by atoms with Gasteiger partial charge in [-0.2, -0.15) is 0 Å². The van der Waals surface area contributed by atoms with Crippen molar-refractivity contribution in [3.05, 3.63) is 21.9 Å². The molecule has 0 spiro atoms. The summed E-state index contributed by atoms with van der Waals surface area (Å²) in [6, 6.07) is 1.72. The molecule has 1 aliphatic heterocycles. The number of anilines is 1. The highest BCUT2D eigenvalue weighted by Crippen LogP contribution is 2.23. The van der Waals surface area contributed by atoms with E-state index in [1.54, 1.807) is 12.3 Å². The predicted octanol–water partition coefficient (Wildman–Crippen LogP) is 1.81. The maximum Gasteiger partial charge on any atom is 0.227 e. The number of pyridine rings is 1. The van der Waals surface area contributed by atoms with Crippen molar-refractivity contribution in [1.29, 1.82) is 0 Å². The number of amides is 1. The van der Waals surface area contributed by atoms with Gasteiger partial charge in [-0.15, -0.1) is 0 Å². The van der Waals surface area contributed by atoms with Gasteiger partial charge in [0.05, 0.1) is 24.8 Å². The van der Waals surface area contributed by atoms with Gasteiger partial charge in [-0.3, -0.25) is 4.79 Å². The second-order valence-corrected chi connectivity index (χ2v) is 5.21. The summed E-state index contributed by atoms with van der Waals surface area (Å²) >= 11 is 9.17. The molecule has 1 amide bonds. The minimum Gasteiger partial charge on any atom is -0.375 e. The van der Waals surface area contributed by atoms with Crippen LogP contribution in [0.3, 0.4) is 0 Å². The minimum atomic E-state index is -0.134. The summed E-state index contributed by atoms with van der Waals surface area (Å²) in [5.74, 6) is -0.134. The molecular weight excluding hydrogens is 321 g/mol. The van der Waals surface area contributed by atoms with Gasteiger partial charge in [0.2, 0.25) is 5.91 Å². The third kappa shape index (κ3) is 3.91. The van der Waals surface area contributed by atoms with Crippen molar-refractivity contribution >= 4 is 39.1 Å². The molecule has 18 heavy (non-hydrogen) atoms. The van der Waals surface area contributed by atoms with Crippen molar-refractivity contribution in [2.75, 3.05) is 25.0 Å². The van der Waals surface area contributed by atoms with Crippen molar-refractivity contribution in [2.45, 2.75) is 12.5 Å². The number of nitrogens with zero attached hydrogens (tertiary/aromatic N) is 1. The van der Waals surface area contributed by atoms with Crippen molar-refractivity contribution in [2.24, 2.45) is 0 Å². The monoisotopic (exact) mass is 333 g/mol. The zero-order valence-corrected chi connectivity index (χ0v) is 11.9. The van der Waals surface area contributed by atoms with Crippen molar-refractivity contribution < 1.29 is 9.53 Å². The molecule has 7 heteroatoms. The predicted molar refractivity (Wildman–Crippen MR) is 72.8 cm³/mol. The van der Waals surface area contributed by atoms with E-state index < -0.39 is 0 Å². The topological polar surface area (TPSA) is 63.2 Å². The Bertz CT molecular complexity index is 438. The van der Waals surface area contributed by atoms with Crippen molar-refractivity contribution in [1.82, 2.24) is 10.3 Å². The molecular formula is C11H13BrClN3O2. The van der Waals surface area contributed by atoms with Crippen LogP contribution in [0.4, 0.5) is 5.69 Å². The van der Waals surface area contributed by atoms with Crippen LogP contribution in [0.5, 0.6) is 0 Å². The van der Waals surface area contributed by atoms with Crippen LogP contribution in [0.2, 0.25) is 5.15 Å². The zero-order chi connectivity index (χ0) is 13.0. The number of hydrogen-bond acceptors (Lipinski definition) is 4. The molecule has 1 aromatic heterocycles. The maximum atomic E-state index is 11.8. The first kappa shape index (κ1) is 13.7. The average Bonchev–Trinajstić information content (AvgIpc) is 2.35. The molecule has 0 radical (unpaired) electrons. The summed E-state index contributed by atoms with van der Waals surface area (Å²) in [6.45, 7) is 2.16. The number of halogens is 2. The van der Waals surface area contributed by atoms with Crippen molar-refractivity contribution in [3.8, 4) is 0 Å². The minimum absolute atomic E-state index is 0.0855. The van der Waals surface area contributed by atoms with E-state index in [0.717, 1.165) is 11.0 Å². The Morgan fingerprint density at radius 3 is 3.28 bits per heavy atom. The average molecular weight is 335 g/mol. The summed E-state index contributed by atoms with van der Waals surface area (Å²) in [6.07, 6.45) is 1.79. The Kier molecular flexibility index (Phi) is 4.94. The van der Waals surface area contributed by atoms with Crippen LogP contribution in [-0.4, -0.2) is 36.7 Å². The number of hydrogen-bond donors (Lipinski definition) is 2. The Labute approximate surface area is 118 Å². The van der Waals surface area contributed by atoms with E-state index in [-0.39, 0.29) is 17.2 Å². The normalized spacial score (nSPS) is 19.6. The van der Waals surface area contributed by atoms with E-state index in [0.29, 0.717) is 25.3 Å². The molecule has 98 valence electrons. The lowest BCUT2D eigenvalue weighted by Crippen LogP contribution is -2.40. The Balaban J connectivity index is 1.92. The lowest BCUT2D eigenvalue weighted by atomic mass is 10.2. The van der Waals surface area contributed by atoms with Crippen LogP contribution in [0.15, 0.2) is 16.7 Å². The molecule has 1 saturated heterocycles. The standard InChI is InChI=1S/C11H13BrClN3O2/c12-7-3-9(11(13)15-5-7)16-10(17)4-8-6-14-1-2-18-8/h3,5,8,14H,1-2,4,6H2,(H,16,17). The molecule has 2 heterocycles. The first-order valence-electron chi connectivity index (χ1n) is 5.58. The zero-order valence-electron chi connectivity index (χ0n) is 9.58. The van der Waals surface area contributed by atoms with E-state index in [2.05, 4.69) is 31.5 Å². The van der Waals surface area contributed by atoms with Gasteiger partial charge in [-0.05, 0) is 22.0 Å². The number of rotatable bonds is 3. The van der Waals surface area contributed by atoms with Gasteiger partial charge in [0.25, 0.3) is 0 Å². The van der Waals surface area contributed by atoms with Gasteiger partial charge in [0.1, 0.15) is 0 Å². The van der Waals surface area contributed by atoms with Gasteiger partial charge in [-0.1, -0.05) is 11.6 Å². The Morgan fingerprint density at radius 2 is 2.56 bits per heavy atom. The largest absolute Gasteiger partial charge is 0.375 e. The molecule has 0 aliphatic carbocycles. The van der Waals surface area contributed by atoms with Crippen LogP contribution in [0.1, 0.15) is 6.42 Å². The first-order valence-corrected chi connectivity index (χ1v) is 6.75. The second-order valence-electron chi connectivity index (χ2n) is 3.94. The second kappa shape index (κ2) is 6.47.